The van der Waals surface area contributed by atoms with Crippen LogP contribution in [0.4, 0.5) is 5.69 Å². The van der Waals surface area contributed by atoms with E-state index in [-0.39, 0.29) is 47.3 Å². The summed E-state index contributed by atoms with van der Waals surface area (Å²) in [6.45, 7) is 32.6. The van der Waals surface area contributed by atoms with Crippen molar-refractivity contribution in [2.75, 3.05) is 0 Å². The lowest BCUT2D eigenvalue weighted by Crippen LogP contribution is -2.60. The molecule has 0 amide bonds. The Balaban J connectivity index is 1.82. The molecule has 6 aromatic rings. The van der Waals surface area contributed by atoms with Crippen LogP contribution in [0.1, 0.15) is 203 Å². The van der Waals surface area contributed by atoms with Crippen LogP contribution in [-0.2, 0) is 0 Å². The molecule has 5 aromatic carbocycles. The van der Waals surface area contributed by atoms with E-state index in [1.54, 1.807) is 0 Å². The number of nitrogens with zero attached hydrogens (tertiary/aromatic N) is 3. The van der Waals surface area contributed by atoms with E-state index in [9.17, 15) is 0 Å². The minimum atomic E-state index is -3.97. The third-order valence-corrected chi connectivity index (χ3v) is 15.9. The summed E-state index contributed by atoms with van der Waals surface area (Å²) in [6.07, 6.45) is 4.41. The molecule has 0 aliphatic carbocycles. The Labute approximate surface area is 391 Å². The lowest BCUT2D eigenvalue weighted by Gasteiger charge is -2.38. The van der Waals surface area contributed by atoms with E-state index in [0.717, 1.165) is 33.6 Å². The summed E-state index contributed by atoms with van der Waals surface area (Å²) in [6, 6.07) is 33.8. The summed E-state index contributed by atoms with van der Waals surface area (Å²) in [4.78, 5) is 5.99. The van der Waals surface area contributed by atoms with Gasteiger partial charge in [0.2, 0.25) is 5.45 Å². The molecular weight excluding hydrogens is 826 g/mol. The zero-order valence-corrected chi connectivity index (χ0v) is 43.5. The van der Waals surface area contributed by atoms with Crippen molar-refractivity contribution in [1.29, 1.82) is 0 Å². The molecule has 0 aliphatic heterocycles. The molecule has 6 heteroatoms. The number of para-hydroxylation sites is 2. The van der Waals surface area contributed by atoms with Gasteiger partial charge in [-0.3, -0.25) is 0 Å². The van der Waals surface area contributed by atoms with E-state index in [4.69, 9.17) is 27.1 Å². The molecule has 3 nitrogen and oxygen atoms in total. The van der Waals surface area contributed by atoms with Crippen molar-refractivity contribution in [3.63, 3.8) is 0 Å². The molecule has 0 unspecified atom stereocenters. The second-order valence-electron chi connectivity index (χ2n) is 20.1. The topological polar surface area (TPSA) is 22.9 Å². The molecule has 0 saturated heterocycles. The van der Waals surface area contributed by atoms with Crippen molar-refractivity contribution in [2.45, 2.75) is 158 Å². The maximum atomic E-state index is 8.40. The molecule has 63 heavy (non-hydrogen) atoms. The number of benzene rings is 5. The molecule has 0 fully saturated rings. The van der Waals surface area contributed by atoms with Gasteiger partial charge in [-0.2, -0.15) is 22.2 Å². The zero-order chi connectivity index (χ0) is 46.2. The lowest BCUT2D eigenvalue weighted by molar-refractivity contribution is -0.577. The van der Waals surface area contributed by atoms with E-state index in [1.165, 1.54) is 55.6 Å². The maximum Gasteiger partial charge on any atom is 0.300 e. The molecule has 0 aliphatic rings. The molecule has 0 spiro atoms. The minimum Gasteiger partial charge on any atom is -0.652 e. The van der Waals surface area contributed by atoms with Crippen molar-refractivity contribution >= 4 is 40.1 Å². The smallest absolute Gasteiger partial charge is 0.300 e. The summed E-state index contributed by atoms with van der Waals surface area (Å²) < 4.78 is 4.65. The Morgan fingerprint density at radius 1 is 0.429 bits per heavy atom. The van der Waals surface area contributed by atoms with Gasteiger partial charge in [0.25, 0.3) is 0 Å². The normalized spacial score (nSPS) is 12.5. The fourth-order valence-corrected chi connectivity index (χ4v) is 12.8. The SMILES string of the molecule is CC(C)c1cccc(C(C)C)c1-c1cccc(-c2c(C(C)C)cccc2C(C)C)c1[N-][Si](Cl)(Cl)c1n(-c2c(C(C)C)cccc2C(C)C)cc[n+]1-c1c(C(C)C)cccc1C(C)C. The number of aromatic nitrogens is 2. The lowest BCUT2D eigenvalue weighted by atomic mass is 9.81. The summed E-state index contributed by atoms with van der Waals surface area (Å²) in [5.74, 6) is 2.14. The van der Waals surface area contributed by atoms with Crippen molar-refractivity contribution in [3.8, 4) is 33.6 Å². The summed E-state index contributed by atoms with van der Waals surface area (Å²) in [5.41, 5.74) is 18.8. The number of rotatable bonds is 15. The molecule has 0 bridgehead atoms. The van der Waals surface area contributed by atoms with Crippen molar-refractivity contribution in [2.24, 2.45) is 0 Å². The second kappa shape index (κ2) is 19.6. The van der Waals surface area contributed by atoms with Crippen LogP contribution in [0, 0.1) is 0 Å². The van der Waals surface area contributed by atoms with E-state index in [0.29, 0.717) is 0 Å². The summed E-state index contributed by atoms with van der Waals surface area (Å²) in [7, 11) is 0. The summed E-state index contributed by atoms with van der Waals surface area (Å²) in [5, 5.41) is 0. The third-order valence-electron chi connectivity index (χ3n) is 12.8. The van der Waals surface area contributed by atoms with Crippen LogP contribution < -0.4 is 10.0 Å². The Morgan fingerprint density at radius 3 is 1.06 bits per heavy atom. The average Bonchev–Trinajstić information content (AvgIpc) is 3.68. The Morgan fingerprint density at radius 2 is 0.730 bits per heavy atom. The average molecular weight is 899 g/mol. The molecule has 1 aromatic heterocycles. The first-order valence-electron chi connectivity index (χ1n) is 23.6. The predicted molar refractivity (Wildman–Crippen MR) is 277 cm³/mol. The highest BCUT2D eigenvalue weighted by Gasteiger charge is 2.41. The second-order valence-corrected chi connectivity index (χ2v) is 25.8. The number of hydrogen-bond donors (Lipinski definition) is 0. The molecule has 0 saturated carbocycles. The Bertz CT molecular complexity index is 2290. The first kappa shape index (κ1) is 48.4. The minimum absolute atomic E-state index is 0.256. The fraction of sp³-hybridized carbons (Fsp3) is 0.421. The highest BCUT2D eigenvalue weighted by molar-refractivity contribution is 7.52. The van der Waals surface area contributed by atoms with Gasteiger partial charge < -0.3 is 4.98 Å². The molecule has 0 radical (unpaired) electrons. The largest absolute Gasteiger partial charge is 0.652 e. The van der Waals surface area contributed by atoms with Gasteiger partial charge >= 0.3 is 6.86 Å². The first-order valence-corrected chi connectivity index (χ1v) is 27.6. The van der Waals surface area contributed by atoms with Gasteiger partial charge in [0, 0.05) is 22.3 Å². The van der Waals surface area contributed by atoms with Crippen LogP contribution in [-0.4, -0.2) is 11.4 Å². The van der Waals surface area contributed by atoms with E-state index in [1.807, 2.05) is 0 Å². The number of halogens is 2. The molecule has 334 valence electrons. The first-order chi connectivity index (χ1) is 29.7. The highest BCUT2D eigenvalue weighted by Crippen LogP contribution is 2.51. The molecule has 0 N–H and O–H groups in total. The van der Waals surface area contributed by atoms with Crippen molar-refractivity contribution < 1.29 is 4.57 Å². The third kappa shape index (κ3) is 9.52. The maximum absolute atomic E-state index is 8.40. The quantitative estimate of drug-likeness (QED) is 0.0557. The van der Waals surface area contributed by atoms with E-state index in [2.05, 4.69) is 223 Å². The predicted octanol–water partition coefficient (Wildman–Crippen LogP) is 17.4. The van der Waals surface area contributed by atoms with Crippen molar-refractivity contribution in [1.82, 2.24) is 4.57 Å². The molecule has 0 atom stereocenters. The van der Waals surface area contributed by atoms with Crippen molar-refractivity contribution in [3.05, 3.63) is 153 Å². The molecule has 6 rings (SSSR count). The van der Waals surface area contributed by atoms with Gasteiger partial charge in [0.05, 0.1) is 0 Å². The van der Waals surface area contributed by atoms with Crippen LogP contribution in [0.5, 0.6) is 0 Å². The Kier molecular flexibility index (Phi) is 15.0. The number of imidazole rings is 1. The van der Waals surface area contributed by atoms with Crippen LogP contribution in [0.15, 0.2) is 103 Å². The summed E-state index contributed by atoms with van der Waals surface area (Å²) >= 11 is 16.8. The molecular formula is C57H73Cl2N3Si. The van der Waals surface area contributed by atoms with Crippen LogP contribution in [0.25, 0.3) is 38.6 Å². The van der Waals surface area contributed by atoms with Crippen LogP contribution in [0.3, 0.4) is 0 Å². The molecule has 1 heterocycles. The van der Waals surface area contributed by atoms with Gasteiger partial charge in [-0.15, -0.1) is 5.69 Å². The Hall–Kier alpha value is -4.09. The highest BCUT2D eigenvalue weighted by atomic mass is 35.7. The van der Waals surface area contributed by atoms with Crippen LogP contribution >= 0.6 is 22.2 Å². The van der Waals surface area contributed by atoms with E-state index < -0.39 is 6.86 Å². The standard InChI is InChI=1S/C57H73Cl2N3Si/c1-34(2)42-22-17-23-43(35(3)4)52(42)50-30-21-31-51(53-44(36(5)6)24-18-25-45(53)37(7)8)54(50)60-63(58,59)57-61(55-46(38(9)10)26-19-27-47(55)39(11)12)32-33-62(57)56-48(40(13)14)28-20-29-49(56)41(15)16/h17-41H,1-16H3. The van der Waals surface area contributed by atoms with Gasteiger partial charge in [0.15, 0.2) is 0 Å². The fourth-order valence-electron chi connectivity index (χ4n) is 9.60. The zero-order valence-electron chi connectivity index (χ0n) is 41.0. The van der Waals surface area contributed by atoms with E-state index >= 15 is 0 Å². The van der Waals surface area contributed by atoms with Gasteiger partial charge in [0.1, 0.15) is 23.8 Å². The van der Waals surface area contributed by atoms with Gasteiger partial charge in [-0.1, -0.05) is 202 Å². The van der Waals surface area contributed by atoms with Crippen LogP contribution in [0.2, 0.25) is 0 Å². The van der Waals surface area contributed by atoms with Gasteiger partial charge in [-0.05, 0) is 91.9 Å². The van der Waals surface area contributed by atoms with Gasteiger partial charge in [-0.25, -0.2) is 9.13 Å². The number of hydrogen-bond acceptors (Lipinski definition) is 0. The monoisotopic (exact) mass is 897 g/mol.